The topological polar surface area (TPSA) is 83.1 Å². The first-order valence-corrected chi connectivity index (χ1v) is 8.28. The Hall–Kier alpha value is -2.54. The summed E-state index contributed by atoms with van der Waals surface area (Å²) in [7, 11) is 4.36. The molecule has 0 aromatic heterocycles. The summed E-state index contributed by atoms with van der Waals surface area (Å²) in [4.78, 5) is 24.2. The molecular weight excluding hydrogens is 338 g/mol. The Morgan fingerprint density at radius 1 is 1.19 bits per heavy atom. The first kappa shape index (κ1) is 21.5. The Kier molecular flexibility index (Phi) is 9.22. The van der Waals surface area contributed by atoms with Gasteiger partial charge in [0.05, 0.1) is 40.4 Å². The molecule has 0 bridgehead atoms. The van der Waals surface area contributed by atoms with Gasteiger partial charge in [0, 0.05) is 0 Å². The number of nitrogens with one attached hydrogen (secondary N) is 1. The van der Waals surface area contributed by atoms with Crippen molar-refractivity contribution >= 4 is 11.9 Å². The minimum Gasteiger partial charge on any atom is -0.493 e. The second-order valence-corrected chi connectivity index (χ2v) is 5.55. The fourth-order valence-electron chi connectivity index (χ4n) is 2.26. The fourth-order valence-corrected chi connectivity index (χ4v) is 2.26. The molecule has 26 heavy (non-hydrogen) atoms. The molecule has 7 nitrogen and oxygen atoms in total. The maximum Gasteiger partial charge on any atom is 0.307 e. The summed E-state index contributed by atoms with van der Waals surface area (Å²) in [5.41, 5.74) is 0.694. The summed E-state index contributed by atoms with van der Waals surface area (Å²) >= 11 is 0. The lowest BCUT2D eigenvalue weighted by atomic mass is 10.0. The molecule has 1 N–H and O–H groups in total. The number of esters is 1. The largest absolute Gasteiger partial charge is 0.493 e. The smallest absolute Gasteiger partial charge is 0.307 e. The third kappa shape index (κ3) is 6.40. The van der Waals surface area contributed by atoms with Crippen LogP contribution < -0.4 is 14.8 Å². The summed E-state index contributed by atoms with van der Waals surface area (Å²) in [6, 6.07) is 4.61. The number of hydrogen-bond donors (Lipinski definition) is 1. The SMILES string of the molecule is C=CCCOC(C)C(=O)NC(CC(=O)OC)c1ccc(OC)c(OC)c1. The van der Waals surface area contributed by atoms with E-state index in [9.17, 15) is 9.59 Å². The molecule has 2 unspecified atom stereocenters. The van der Waals surface area contributed by atoms with Crippen molar-refractivity contribution in [2.75, 3.05) is 27.9 Å². The Morgan fingerprint density at radius 2 is 1.88 bits per heavy atom. The van der Waals surface area contributed by atoms with Crippen LogP contribution in [0.25, 0.3) is 0 Å². The monoisotopic (exact) mass is 365 g/mol. The maximum absolute atomic E-state index is 12.4. The maximum atomic E-state index is 12.4. The molecule has 0 fully saturated rings. The van der Waals surface area contributed by atoms with Crippen LogP contribution in [0.15, 0.2) is 30.9 Å². The van der Waals surface area contributed by atoms with E-state index >= 15 is 0 Å². The van der Waals surface area contributed by atoms with Gasteiger partial charge in [0.2, 0.25) is 5.91 Å². The number of benzene rings is 1. The van der Waals surface area contributed by atoms with Crippen molar-refractivity contribution in [2.24, 2.45) is 0 Å². The van der Waals surface area contributed by atoms with Gasteiger partial charge < -0.3 is 24.3 Å². The van der Waals surface area contributed by atoms with Crippen LogP contribution in [0.5, 0.6) is 11.5 Å². The quantitative estimate of drug-likeness (QED) is 0.368. The van der Waals surface area contributed by atoms with Crippen LogP contribution in [0.2, 0.25) is 0 Å². The molecule has 1 aromatic carbocycles. The molecule has 144 valence electrons. The zero-order valence-electron chi connectivity index (χ0n) is 15.7. The zero-order chi connectivity index (χ0) is 19.5. The van der Waals surface area contributed by atoms with Crippen LogP contribution in [0.1, 0.15) is 31.4 Å². The van der Waals surface area contributed by atoms with Crippen LogP contribution in [-0.2, 0) is 19.1 Å². The second kappa shape index (κ2) is 11.1. The number of carbonyl (C=O) groups is 2. The highest BCUT2D eigenvalue weighted by Gasteiger charge is 2.23. The van der Waals surface area contributed by atoms with E-state index in [1.54, 1.807) is 31.2 Å². The molecule has 0 aliphatic carbocycles. The van der Waals surface area contributed by atoms with Gasteiger partial charge in [0.1, 0.15) is 6.10 Å². The molecule has 1 aromatic rings. The zero-order valence-corrected chi connectivity index (χ0v) is 15.7. The lowest BCUT2D eigenvalue weighted by Gasteiger charge is -2.22. The average molecular weight is 365 g/mol. The molecule has 7 heteroatoms. The lowest BCUT2D eigenvalue weighted by Crippen LogP contribution is -2.38. The van der Waals surface area contributed by atoms with Gasteiger partial charge in [-0.2, -0.15) is 0 Å². The molecule has 2 atom stereocenters. The van der Waals surface area contributed by atoms with Gasteiger partial charge in [-0.1, -0.05) is 12.1 Å². The van der Waals surface area contributed by atoms with Crippen LogP contribution in [0, 0.1) is 0 Å². The van der Waals surface area contributed by atoms with Crippen molar-refractivity contribution in [1.29, 1.82) is 0 Å². The van der Waals surface area contributed by atoms with Gasteiger partial charge in [0.15, 0.2) is 11.5 Å². The van der Waals surface area contributed by atoms with Crippen LogP contribution in [0.3, 0.4) is 0 Å². The molecule has 0 aliphatic rings. The van der Waals surface area contributed by atoms with Gasteiger partial charge in [0.25, 0.3) is 0 Å². The fraction of sp³-hybridized carbons (Fsp3) is 0.474. The Balaban J connectivity index is 2.96. The molecule has 0 spiro atoms. The molecule has 0 saturated carbocycles. The van der Waals surface area contributed by atoms with E-state index in [1.165, 1.54) is 21.3 Å². The first-order valence-electron chi connectivity index (χ1n) is 8.28. The third-order valence-corrected chi connectivity index (χ3v) is 3.78. The summed E-state index contributed by atoms with van der Waals surface area (Å²) in [5, 5.41) is 2.83. The number of amides is 1. The van der Waals surface area contributed by atoms with Crippen molar-refractivity contribution in [2.45, 2.75) is 31.9 Å². The standard InChI is InChI=1S/C19H27NO6/c1-6-7-10-26-13(2)19(22)20-15(12-18(21)25-5)14-8-9-16(23-3)17(11-14)24-4/h6,8-9,11,13,15H,1,7,10,12H2,2-5H3,(H,20,22). The Labute approximate surface area is 154 Å². The second-order valence-electron chi connectivity index (χ2n) is 5.55. The Morgan fingerprint density at radius 3 is 2.46 bits per heavy atom. The van der Waals surface area contributed by atoms with Gasteiger partial charge in [-0.25, -0.2) is 0 Å². The van der Waals surface area contributed by atoms with Gasteiger partial charge in [-0.3, -0.25) is 9.59 Å². The van der Waals surface area contributed by atoms with Crippen LogP contribution in [-0.4, -0.2) is 45.9 Å². The van der Waals surface area contributed by atoms with E-state index < -0.39 is 18.1 Å². The highest BCUT2D eigenvalue weighted by Crippen LogP contribution is 2.31. The van der Waals surface area contributed by atoms with Gasteiger partial charge in [-0.05, 0) is 31.0 Å². The average Bonchev–Trinajstić information content (AvgIpc) is 2.66. The van der Waals surface area contributed by atoms with Gasteiger partial charge in [-0.15, -0.1) is 6.58 Å². The number of carbonyl (C=O) groups excluding carboxylic acids is 2. The van der Waals surface area contributed by atoms with Crippen molar-refractivity contribution in [3.63, 3.8) is 0 Å². The van der Waals surface area contributed by atoms with Crippen molar-refractivity contribution < 1.29 is 28.5 Å². The van der Waals surface area contributed by atoms with Gasteiger partial charge >= 0.3 is 5.97 Å². The molecular formula is C19H27NO6. The highest BCUT2D eigenvalue weighted by molar-refractivity contribution is 5.81. The normalized spacial score (nSPS) is 12.6. The third-order valence-electron chi connectivity index (χ3n) is 3.78. The van der Waals surface area contributed by atoms with E-state index in [2.05, 4.69) is 11.9 Å². The molecule has 0 saturated heterocycles. The summed E-state index contributed by atoms with van der Waals surface area (Å²) in [5.74, 6) is 0.299. The summed E-state index contributed by atoms with van der Waals surface area (Å²) < 4.78 is 20.7. The lowest BCUT2D eigenvalue weighted by molar-refractivity contribution is -0.141. The minimum atomic E-state index is -0.657. The van der Waals surface area contributed by atoms with E-state index in [-0.39, 0.29) is 12.3 Å². The van der Waals surface area contributed by atoms with Crippen molar-refractivity contribution in [1.82, 2.24) is 5.32 Å². The number of rotatable bonds is 11. The van der Waals surface area contributed by atoms with Crippen LogP contribution >= 0.6 is 0 Å². The predicted molar refractivity (Wildman–Crippen MR) is 97.3 cm³/mol. The molecule has 1 amide bonds. The summed E-state index contributed by atoms with van der Waals surface area (Å²) in [6.07, 6.45) is 1.69. The number of ether oxygens (including phenoxy) is 4. The van der Waals surface area contributed by atoms with E-state index in [0.29, 0.717) is 30.1 Å². The Bertz CT molecular complexity index is 616. The molecule has 0 radical (unpaired) electrons. The van der Waals surface area contributed by atoms with Crippen LogP contribution in [0.4, 0.5) is 0 Å². The first-order chi connectivity index (χ1) is 12.5. The van der Waals surface area contributed by atoms with E-state index in [1.807, 2.05) is 0 Å². The molecule has 0 aliphatic heterocycles. The van der Waals surface area contributed by atoms with E-state index in [4.69, 9.17) is 18.9 Å². The molecule has 0 heterocycles. The number of methoxy groups -OCH3 is 3. The number of hydrogen-bond acceptors (Lipinski definition) is 6. The van der Waals surface area contributed by atoms with Crippen molar-refractivity contribution in [3.8, 4) is 11.5 Å². The summed E-state index contributed by atoms with van der Waals surface area (Å²) in [6.45, 7) is 5.66. The van der Waals surface area contributed by atoms with Crippen molar-refractivity contribution in [3.05, 3.63) is 36.4 Å². The molecule has 1 rings (SSSR count). The predicted octanol–water partition coefficient (Wildman–Crippen LogP) is 2.41. The highest BCUT2D eigenvalue weighted by atomic mass is 16.5. The van der Waals surface area contributed by atoms with E-state index in [0.717, 1.165) is 0 Å². The minimum absolute atomic E-state index is 0.0168.